The topological polar surface area (TPSA) is 33.4 Å². The molecule has 1 atom stereocenters. The molecule has 90 valence electrons. The lowest BCUT2D eigenvalue weighted by Gasteiger charge is -2.10. The standard InChI is InChI=1S/C13H12F2O2/c14-11-5-3-9(8-12(11)15)13(16)6-4-10-2-1-7-17-10/h1-3,5,7-8,13,16H,4,6H2. The third kappa shape index (κ3) is 2.91. The van der Waals surface area contributed by atoms with Crippen molar-refractivity contribution in [3.05, 3.63) is 59.6 Å². The second-order valence-corrected chi connectivity index (χ2v) is 3.81. The molecule has 0 spiro atoms. The molecule has 0 fully saturated rings. The van der Waals surface area contributed by atoms with E-state index < -0.39 is 17.7 Å². The Bertz CT molecular complexity index is 480. The van der Waals surface area contributed by atoms with Crippen molar-refractivity contribution in [2.75, 3.05) is 0 Å². The predicted octanol–water partition coefficient (Wildman–Crippen LogP) is 3.22. The van der Waals surface area contributed by atoms with Crippen LogP contribution >= 0.6 is 0 Å². The van der Waals surface area contributed by atoms with E-state index in [0.717, 1.165) is 17.9 Å². The fourth-order valence-corrected chi connectivity index (χ4v) is 1.62. The van der Waals surface area contributed by atoms with Gasteiger partial charge in [-0.15, -0.1) is 0 Å². The molecule has 0 saturated heterocycles. The van der Waals surface area contributed by atoms with Gasteiger partial charge in [-0.25, -0.2) is 8.78 Å². The number of aliphatic hydroxyl groups is 1. The highest BCUT2D eigenvalue weighted by Crippen LogP contribution is 2.21. The van der Waals surface area contributed by atoms with Crippen LogP contribution in [0.2, 0.25) is 0 Å². The molecule has 1 aromatic carbocycles. The Morgan fingerprint density at radius 1 is 1.18 bits per heavy atom. The molecule has 2 aromatic rings. The maximum Gasteiger partial charge on any atom is 0.159 e. The lowest BCUT2D eigenvalue weighted by molar-refractivity contribution is 0.165. The molecule has 2 rings (SSSR count). The number of aryl methyl sites for hydroxylation is 1. The third-order valence-corrected chi connectivity index (χ3v) is 2.57. The van der Waals surface area contributed by atoms with Crippen molar-refractivity contribution in [3.8, 4) is 0 Å². The van der Waals surface area contributed by atoms with E-state index in [4.69, 9.17) is 4.42 Å². The second kappa shape index (κ2) is 5.10. The number of benzene rings is 1. The van der Waals surface area contributed by atoms with Crippen molar-refractivity contribution in [2.45, 2.75) is 18.9 Å². The number of halogens is 2. The van der Waals surface area contributed by atoms with Gasteiger partial charge < -0.3 is 9.52 Å². The quantitative estimate of drug-likeness (QED) is 0.887. The van der Waals surface area contributed by atoms with Crippen molar-refractivity contribution < 1.29 is 18.3 Å². The van der Waals surface area contributed by atoms with Gasteiger partial charge in [-0.1, -0.05) is 6.07 Å². The summed E-state index contributed by atoms with van der Waals surface area (Å²) in [6, 6.07) is 6.98. The fourth-order valence-electron chi connectivity index (χ4n) is 1.62. The molecule has 0 saturated carbocycles. The molecular weight excluding hydrogens is 226 g/mol. The molecular formula is C13H12F2O2. The zero-order chi connectivity index (χ0) is 12.3. The maximum absolute atomic E-state index is 12.9. The van der Waals surface area contributed by atoms with Crippen LogP contribution in [0.1, 0.15) is 23.8 Å². The zero-order valence-electron chi connectivity index (χ0n) is 9.07. The summed E-state index contributed by atoms with van der Waals surface area (Å²) in [5.74, 6) is -1.10. The first-order chi connectivity index (χ1) is 8.16. The van der Waals surface area contributed by atoms with E-state index in [0.29, 0.717) is 18.4 Å². The molecule has 2 nitrogen and oxygen atoms in total. The summed E-state index contributed by atoms with van der Waals surface area (Å²) in [5, 5.41) is 9.80. The van der Waals surface area contributed by atoms with Crippen LogP contribution in [-0.2, 0) is 6.42 Å². The molecule has 1 aromatic heterocycles. The average molecular weight is 238 g/mol. The van der Waals surface area contributed by atoms with Crippen LogP contribution in [0.5, 0.6) is 0 Å². The number of furan rings is 1. The summed E-state index contributed by atoms with van der Waals surface area (Å²) >= 11 is 0. The van der Waals surface area contributed by atoms with Crippen LogP contribution in [0.4, 0.5) is 8.78 Å². The van der Waals surface area contributed by atoms with Gasteiger partial charge in [0.2, 0.25) is 0 Å². The molecule has 0 aliphatic carbocycles. The van der Waals surface area contributed by atoms with E-state index >= 15 is 0 Å². The Labute approximate surface area is 97.5 Å². The summed E-state index contributed by atoms with van der Waals surface area (Å²) in [5.41, 5.74) is 0.371. The van der Waals surface area contributed by atoms with Crippen LogP contribution in [0.15, 0.2) is 41.0 Å². The lowest BCUT2D eigenvalue weighted by Crippen LogP contribution is -2.00. The third-order valence-electron chi connectivity index (χ3n) is 2.57. The summed E-state index contributed by atoms with van der Waals surface area (Å²) in [4.78, 5) is 0. The molecule has 1 heterocycles. The van der Waals surface area contributed by atoms with Gasteiger partial charge in [-0.2, -0.15) is 0 Å². The van der Waals surface area contributed by atoms with Gasteiger partial charge in [0, 0.05) is 6.42 Å². The molecule has 0 bridgehead atoms. The second-order valence-electron chi connectivity index (χ2n) is 3.81. The van der Waals surface area contributed by atoms with E-state index in [1.807, 2.05) is 0 Å². The highest BCUT2D eigenvalue weighted by atomic mass is 19.2. The number of hydrogen-bond donors (Lipinski definition) is 1. The smallest absolute Gasteiger partial charge is 0.159 e. The highest BCUT2D eigenvalue weighted by molar-refractivity contribution is 5.20. The Balaban J connectivity index is 1.99. The minimum atomic E-state index is -0.945. The number of hydrogen-bond acceptors (Lipinski definition) is 2. The number of rotatable bonds is 4. The van der Waals surface area contributed by atoms with Crippen LogP contribution in [-0.4, -0.2) is 5.11 Å². The van der Waals surface area contributed by atoms with Gasteiger partial charge in [0.1, 0.15) is 5.76 Å². The zero-order valence-corrected chi connectivity index (χ0v) is 9.07. The fraction of sp³-hybridized carbons (Fsp3) is 0.231. The van der Waals surface area contributed by atoms with Crippen LogP contribution < -0.4 is 0 Å². The Morgan fingerprint density at radius 2 is 2.00 bits per heavy atom. The van der Waals surface area contributed by atoms with Gasteiger partial charge in [-0.3, -0.25) is 0 Å². The molecule has 0 aliphatic rings. The van der Waals surface area contributed by atoms with Gasteiger partial charge in [-0.05, 0) is 36.2 Å². The van der Waals surface area contributed by atoms with E-state index in [-0.39, 0.29) is 0 Å². The molecule has 1 unspecified atom stereocenters. The monoisotopic (exact) mass is 238 g/mol. The van der Waals surface area contributed by atoms with Crippen LogP contribution in [0.3, 0.4) is 0 Å². The summed E-state index contributed by atoms with van der Waals surface area (Å²) in [6.45, 7) is 0. The first-order valence-electron chi connectivity index (χ1n) is 5.32. The first-order valence-corrected chi connectivity index (χ1v) is 5.32. The van der Waals surface area contributed by atoms with Crippen molar-refractivity contribution in [1.82, 2.24) is 0 Å². The highest BCUT2D eigenvalue weighted by Gasteiger charge is 2.11. The first kappa shape index (κ1) is 11.8. The van der Waals surface area contributed by atoms with Crippen molar-refractivity contribution in [1.29, 1.82) is 0 Å². The Kier molecular flexibility index (Phi) is 3.54. The minimum absolute atomic E-state index is 0.371. The van der Waals surface area contributed by atoms with Crippen LogP contribution in [0.25, 0.3) is 0 Å². The Morgan fingerprint density at radius 3 is 2.65 bits per heavy atom. The molecule has 0 radical (unpaired) electrons. The predicted molar refractivity (Wildman–Crippen MR) is 58.3 cm³/mol. The van der Waals surface area contributed by atoms with E-state index in [2.05, 4.69) is 0 Å². The summed E-state index contributed by atoms with van der Waals surface area (Å²) < 4.78 is 30.8. The normalized spacial score (nSPS) is 12.6. The van der Waals surface area contributed by atoms with Crippen molar-refractivity contribution in [2.24, 2.45) is 0 Å². The van der Waals surface area contributed by atoms with Crippen molar-refractivity contribution >= 4 is 0 Å². The summed E-state index contributed by atoms with van der Waals surface area (Å²) in [7, 11) is 0. The molecule has 4 heteroatoms. The number of aliphatic hydroxyl groups excluding tert-OH is 1. The van der Waals surface area contributed by atoms with E-state index in [1.165, 1.54) is 6.07 Å². The van der Waals surface area contributed by atoms with Gasteiger partial charge in [0.05, 0.1) is 12.4 Å². The van der Waals surface area contributed by atoms with Crippen LogP contribution in [0, 0.1) is 11.6 Å². The van der Waals surface area contributed by atoms with E-state index in [1.54, 1.807) is 18.4 Å². The van der Waals surface area contributed by atoms with Gasteiger partial charge in [0.15, 0.2) is 11.6 Å². The minimum Gasteiger partial charge on any atom is -0.469 e. The average Bonchev–Trinajstić information content (AvgIpc) is 2.82. The molecule has 1 N–H and O–H groups in total. The van der Waals surface area contributed by atoms with Gasteiger partial charge >= 0.3 is 0 Å². The lowest BCUT2D eigenvalue weighted by atomic mass is 10.0. The summed E-state index contributed by atoms with van der Waals surface area (Å²) in [6.07, 6.45) is 1.68. The SMILES string of the molecule is OC(CCc1ccco1)c1ccc(F)c(F)c1. The molecule has 0 amide bonds. The van der Waals surface area contributed by atoms with Gasteiger partial charge in [0.25, 0.3) is 0 Å². The Hall–Kier alpha value is -1.68. The van der Waals surface area contributed by atoms with E-state index in [9.17, 15) is 13.9 Å². The maximum atomic E-state index is 12.9. The van der Waals surface area contributed by atoms with Crippen molar-refractivity contribution in [3.63, 3.8) is 0 Å². The molecule has 0 aliphatic heterocycles. The molecule has 17 heavy (non-hydrogen) atoms. The largest absolute Gasteiger partial charge is 0.469 e.